The zero-order valence-electron chi connectivity index (χ0n) is 12.0. The van der Waals surface area contributed by atoms with Crippen LogP contribution in [0.1, 0.15) is 34.3 Å². The molecule has 2 aromatic rings. The summed E-state index contributed by atoms with van der Waals surface area (Å²) >= 11 is 0. The van der Waals surface area contributed by atoms with Crippen molar-refractivity contribution in [2.45, 2.75) is 19.4 Å². The first-order chi connectivity index (χ1) is 10.5. The number of nitrogens with zero attached hydrogens (tertiary/aromatic N) is 1. The van der Waals surface area contributed by atoms with E-state index in [-0.39, 0.29) is 11.7 Å². The van der Waals surface area contributed by atoms with Gasteiger partial charge in [0.05, 0.1) is 12.5 Å². The van der Waals surface area contributed by atoms with Crippen LogP contribution in [-0.4, -0.2) is 22.1 Å². The van der Waals surface area contributed by atoms with Crippen molar-refractivity contribution < 1.29 is 19.8 Å². The number of hydrogen-bond acceptors (Lipinski definition) is 3. The standard InChI is InChI=1S/C17H15NO4/c1-10(17(21)22)11-2-5-13(6-3-11)18-9-12-4-7-14(19)8-15(12)16(18)20/h2-8,10,19H,9H2,1H3,(H,21,22). The van der Waals surface area contributed by atoms with Crippen LogP contribution >= 0.6 is 0 Å². The number of phenols is 1. The minimum Gasteiger partial charge on any atom is -0.508 e. The van der Waals surface area contributed by atoms with Gasteiger partial charge in [-0.05, 0) is 42.3 Å². The molecule has 1 unspecified atom stereocenters. The molecule has 3 rings (SSSR count). The molecule has 1 atom stereocenters. The molecule has 2 N–H and O–H groups in total. The van der Waals surface area contributed by atoms with E-state index < -0.39 is 11.9 Å². The molecule has 0 saturated carbocycles. The molecular weight excluding hydrogens is 282 g/mol. The molecule has 1 heterocycles. The molecule has 0 aliphatic carbocycles. The van der Waals surface area contributed by atoms with E-state index in [1.165, 1.54) is 6.07 Å². The van der Waals surface area contributed by atoms with Crippen LogP contribution in [0.15, 0.2) is 42.5 Å². The molecule has 0 fully saturated rings. The molecule has 0 saturated heterocycles. The average Bonchev–Trinajstić information content (AvgIpc) is 2.83. The zero-order valence-corrected chi connectivity index (χ0v) is 12.0. The van der Waals surface area contributed by atoms with E-state index in [9.17, 15) is 14.7 Å². The predicted octanol–water partition coefficient (Wildman–Crippen LogP) is 2.74. The van der Waals surface area contributed by atoms with Gasteiger partial charge in [-0.2, -0.15) is 0 Å². The molecule has 5 nitrogen and oxygen atoms in total. The molecule has 112 valence electrons. The van der Waals surface area contributed by atoms with Crippen LogP contribution in [0.5, 0.6) is 5.75 Å². The summed E-state index contributed by atoms with van der Waals surface area (Å²) in [5, 5.41) is 18.5. The van der Waals surface area contributed by atoms with E-state index in [4.69, 9.17) is 5.11 Å². The summed E-state index contributed by atoms with van der Waals surface area (Å²) in [5.74, 6) is -1.56. The van der Waals surface area contributed by atoms with Gasteiger partial charge in [-0.3, -0.25) is 9.59 Å². The third kappa shape index (κ3) is 2.30. The van der Waals surface area contributed by atoms with Gasteiger partial charge in [0.1, 0.15) is 5.75 Å². The number of amides is 1. The third-order valence-electron chi connectivity index (χ3n) is 3.97. The van der Waals surface area contributed by atoms with Gasteiger partial charge in [0.25, 0.3) is 5.91 Å². The highest BCUT2D eigenvalue weighted by molar-refractivity contribution is 6.10. The number of hydrogen-bond donors (Lipinski definition) is 2. The SMILES string of the molecule is CC(C(=O)O)c1ccc(N2Cc3ccc(O)cc3C2=O)cc1. The van der Waals surface area contributed by atoms with Crippen molar-refractivity contribution in [1.29, 1.82) is 0 Å². The minimum atomic E-state index is -0.882. The van der Waals surface area contributed by atoms with Crippen LogP contribution in [0.3, 0.4) is 0 Å². The van der Waals surface area contributed by atoms with Gasteiger partial charge < -0.3 is 15.1 Å². The fourth-order valence-electron chi connectivity index (χ4n) is 2.58. The van der Waals surface area contributed by atoms with Gasteiger partial charge in [0.15, 0.2) is 0 Å². The Morgan fingerprint density at radius 1 is 1.18 bits per heavy atom. The lowest BCUT2D eigenvalue weighted by Crippen LogP contribution is -2.23. The lowest BCUT2D eigenvalue weighted by molar-refractivity contribution is -0.138. The van der Waals surface area contributed by atoms with E-state index in [1.807, 2.05) is 0 Å². The Bertz CT molecular complexity index is 752. The normalized spacial score (nSPS) is 14.8. The second-order valence-electron chi connectivity index (χ2n) is 5.38. The van der Waals surface area contributed by atoms with Crippen LogP contribution < -0.4 is 4.90 Å². The number of aromatic hydroxyl groups is 1. The van der Waals surface area contributed by atoms with Gasteiger partial charge in [0, 0.05) is 11.3 Å². The first-order valence-corrected chi connectivity index (χ1v) is 6.94. The molecular formula is C17H15NO4. The number of phenolic OH excluding ortho intramolecular Hbond substituents is 1. The second-order valence-corrected chi connectivity index (χ2v) is 5.38. The summed E-state index contributed by atoms with van der Waals surface area (Å²) < 4.78 is 0. The molecule has 0 aromatic heterocycles. The highest BCUT2D eigenvalue weighted by atomic mass is 16.4. The average molecular weight is 297 g/mol. The molecule has 0 bridgehead atoms. The number of rotatable bonds is 3. The summed E-state index contributed by atoms with van der Waals surface area (Å²) in [6, 6.07) is 11.7. The quantitative estimate of drug-likeness (QED) is 0.913. The van der Waals surface area contributed by atoms with Crippen molar-refractivity contribution >= 4 is 17.6 Å². The Morgan fingerprint density at radius 3 is 2.50 bits per heavy atom. The number of carbonyl (C=O) groups is 2. The Morgan fingerprint density at radius 2 is 1.86 bits per heavy atom. The summed E-state index contributed by atoms with van der Waals surface area (Å²) in [6.45, 7) is 2.07. The number of carboxylic acid groups (broad SMARTS) is 1. The van der Waals surface area contributed by atoms with E-state index in [0.717, 1.165) is 5.56 Å². The topological polar surface area (TPSA) is 77.8 Å². The molecule has 1 amide bonds. The number of carboxylic acids is 1. The molecule has 1 aliphatic heterocycles. The van der Waals surface area contributed by atoms with Crippen molar-refractivity contribution in [1.82, 2.24) is 0 Å². The first kappa shape index (κ1) is 14.1. The molecule has 2 aromatic carbocycles. The number of aliphatic carboxylic acids is 1. The van der Waals surface area contributed by atoms with E-state index >= 15 is 0 Å². The summed E-state index contributed by atoms with van der Waals surface area (Å²) in [7, 11) is 0. The van der Waals surface area contributed by atoms with E-state index in [1.54, 1.807) is 48.2 Å². The monoisotopic (exact) mass is 297 g/mol. The fraction of sp³-hybridized carbons (Fsp3) is 0.176. The van der Waals surface area contributed by atoms with Gasteiger partial charge >= 0.3 is 5.97 Å². The van der Waals surface area contributed by atoms with Gasteiger partial charge in [0.2, 0.25) is 0 Å². The molecule has 0 radical (unpaired) electrons. The zero-order chi connectivity index (χ0) is 15.9. The highest BCUT2D eigenvalue weighted by Gasteiger charge is 2.28. The summed E-state index contributed by atoms with van der Waals surface area (Å²) in [4.78, 5) is 25.0. The van der Waals surface area contributed by atoms with Crippen molar-refractivity contribution in [2.24, 2.45) is 0 Å². The van der Waals surface area contributed by atoms with Gasteiger partial charge in [-0.25, -0.2) is 0 Å². The van der Waals surface area contributed by atoms with Crippen molar-refractivity contribution in [2.75, 3.05) is 4.90 Å². The van der Waals surface area contributed by atoms with Crippen LogP contribution in [-0.2, 0) is 11.3 Å². The first-order valence-electron chi connectivity index (χ1n) is 6.94. The van der Waals surface area contributed by atoms with Crippen LogP contribution in [0.4, 0.5) is 5.69 Å². The van der Waals surface area contributed by atoms with Crippen LogP contribution in [0.2, 0.25) is 0 Å². The molecule has 22 heavy (non-hydrogen) atoms. The Kier molecular flexibility index (Phi) is 3.33. The number of anilines is 1. The number of fused-ring (bicyclic) bond motifs is 1. The smallest absolute Gasteiger partial charge is 0.310 e. The highest BCUT2D eigenvalue weighted by Crippen LogP contribution is 2.31. The van der Waals surface area contributed by atoms with E-state index in [2.05, 4.69) is 0 Å². The maximum absolute atomic E-state index is 12.4. The molecule has 5 heteroatoms. The Balaban J connectivity index is 1.87. The van der Waals surface area contributed by atoms with Gasteiger partial charge in [-0.1, -0.05) is 18.2 Å². The third-order valence-corrected chi connectivity index (χ3v) is 3.97. The fourth-order valence-corrected chi connectivity index (χ4v) is 2.58. The lowest BCUT2D eigenvalue weighted by atomic mass is 10.0. The van der Waals surface area contributed by atoms with Crippen molar-refractivity contribution in [3.63, 3.8) is 0 Å². The van der Waals surface area contributed by atoms with E-state index in [0.29, 0.717) is 23.4 Å². The number of carbonyl (C=O) groups excluding carboxylic acids is 1. The predicted molar refractivity (Wildman–Crippen MR) is 81.1 cm³/mol. The maximum atomic E-state index is 12.4. The molecule has 0 spiro atoms. The van der Waals surface area contributed by atoms with Crippen LogP contribution in [0, 0.1) is 0 Å². The summed E-state index contributed by atoms with van der Waals surface area (Å²) in [5.41, 5.74) is 2.77. The number of benzene rings is 2. The largest absolute Gasteiger partial charge is 0.508 e. The lowest BCUT2D eigenvalue weighted by Gasteiger charge is -2.16. The minimum absolute atomic E-state index is 0.0691. The van der Waals surface area contributed by atoms with Crippen LogP contribution in [0.25, 0.3) is 0 Å². The van der Waals surface area contributed by atoms with Gasteiger partial charge in [-0.15, -0.1) is 0 Å². The molecule has 1 aliphatic rings. The summed E-state index contributed by atoms with van der Waals surface area (Å²) in [6.07, 6.45) is 0. The Labute approximate surface area is 127 Å². The Hall–Kier alpha value is -2.82. The van der Waals surface area contributed by atoms with Crippen molar-refractivity contribution in [3.8, 4) is 5.75 Å². The maximum Gasteiger partial charge on any atom is 0.310 e. The van der Waals surface area contributed by atoms with Crippen molar-refractivity contribution in [3.05, 3.63) is 59.2 Å². The second kappa shape index (κ2) is 5.18.